The third-order valence-corrected chi connectivity index (χ3v) is 3.99. The van der Waals surface area contributed by atoms with Crippen molar-refractivity contribution in [2.75, 3.05) is 7.11 Å². The lowest BCUT2D eigenvalue weighted by atomic mass is 10.1. The normalized spacial score (nSPS) is 12.5. The van der Waals surface area contributed by atoms with Gasteiger partial charge in [-0.25, -0.2) is 0 Å². The van der Waals surface area contributed by atoms with Crippen molar-refractivity contribution in [1.82, 2.24) is 9.78 Å². The zero-order chi connectivity index (χ0) is 14.0. The second-order valence-corrected chi connectivity index (χ2v) is 5.75. The highest BCUT2D eigenvalue weighted by Crippen LogP contribution is 2.35. The lowest BCUT2D eigenvalue weighted by Gasteiger charge is -2.17. The summed E-state index contributed by atoms with van der Waals surface area (Å²) in [5.41, 5.74) is 1.43. The van der Waals surface area contributed by atoms with Gasteiger partial charge in [0.25, 0.3) is 0 Å². The Bertz CT molecular complexity index is 584. The van der Waals surface area contributed by atoms with Gasteiger partial charge >= 0.3 is 0 Å². The van der Waals surface area contributed by atoms with E-state index in [1.165, 1.54) is 0 Å². The van der Waals surface area contributed by atoms with Gasteiger partial charge in [0.2, 0.25) is 0 Å². The van der Waals surface area contributed by atoms with Crippen molar-refractivity contribution in [3.05, 3.63) is 44.6 Å². The number of aryl methyl sites for hydroxylation is 1. The molecule has 0 spiro atoms. The summed E-state index contributed by atoms with van der Waals surface area (Å²) in [7, 11) is 1.59. The Morgan fingerprint density at radius 2 is 2.16 bits per heavy atom. The topological polar surface area (TPSA) is 47.3 Å². The molecule has 2 rings (SSSR count). The number of methoxy groups -OCH3 is 1. The Kier molecular flexibility index (Phi) is 4.65. The number of aliphatic hydroxyl groups excluding tert-OH is 1. The Morgan fingerprint density at radius 3 is 2.79 bits per heavy atom. The molecule has 0 aliphatic carbocycles. The van der Waals surface area contributed by atoms with Crippen molar-refractivity contribution >= 4 is 31.9 Å². The Hall–Kier alpha value is -0.850. The number of aliphatic hydroxyl groups is 1. The average Bonchev–Trinajstić information content (AvgIpc) is 2.78. The molecule has 1 aromatic heterocycles. The summed E-state index contributed by atoms with van der Waals surface area (Å²) >= 11 is 6.81. The van der Waals surface area contributed by atoms with Gasteiger partial charge in [-0.15, -0.1) is 0 Å². The number of ether oxygens (including phenoxy) is 1. The maximum absolute atomic E-state index is 10.6. The molecule has 1 atom stereocenters. The van der Waals surface area contributed by atoms with Crippen LogP contribution in [0.25, 0.3) is 0 Å². The molecular weight excluding hydrogens is 376 g/mol. The van der Waals surface area contributed by atoms with E-state index < -0.39 is 6.10 Å². The average molecular weight is 390 g/mol. The summed E-state index contributed by atoms with van der Waals surface area (Å²) in [4.78, 5) is 0. The summed E-state index contributed by atoms with van der Waals surface area (Å²) in [6.45, 7) is 2.67. The molecule has 102 valence electrons. The first-order valence-corrected chi connectivity index (χ1v) is 7.39. The molecule has 0 saturated carbocycles. The van der Waals surface area contributed by atoms with Crippen LogP contribution in [0.1, 0.15) is 24.3 Å². The monoisotopic (exact) mass is 388 g/mol. The van der Waals surface area contributed by atoms with E-state index in [0.29, 0.717) is 17.9 Å². The van der Waals surface area contributed by atoms with Crippen LogP contribution in [0.2, 0.25) is 0 Å². The molecule has 0 radical (unpaired) electrons. The number of benzene rings is 1. The summed E-state index contributed by atoms with van der Waals surface area (Å²) in [5.74, 6) is 0.637. The van der Waals surface area contributed by atoms with Gasteiger partial charge in [0, 0.05) is 16.6 Å². The van der Waals surface area contributed by atoms with E-state index in [2.05, 4.69) is 37.0 Å². The molecule has 0 saturated heterocycles. The van der Waals surface area contributed by atoms with Crippen LogP contribution >= 0.6 is 31.9 Å². The van der Waals surface area contributed by atoms with E-state index >= 15 is 0 Å². The summed E-state index contributed by atoms with van der Waals surface area (Å²) < 4.78 is 8.77. The highest BCUT2D eigenvalue weighted by Gasteiger charge is 2.22. The predicted octanol–water partition coefficient (Wildman–Crippen LogP) is 3.52. The first-order chi connectivity index (χ1) is 9.08. The minimum absolute atomic E-state index is 0.637. The Labute approximate surface area is 128 Å². The molecule has 1 heterocycles. The highest BCUT2D eigenvalue weighted by atomic mass is 79.9. The van der Waals surface area contributed by atoms with Crippen LogP contribution in [0.15, 0.2) is 33.3 Å². The van der Waals surface area contributed by atoms with Crippen LogP contribution in [-0.4, -0.2) is 22.0 Å². The smallest absolute Gasteiger partial charge is 0.126 e. The van der Waals surface area contributed by atoms with E-state index in [1.807, 2.05) is 25.1 Å². The first-order valence-electron chi connectivity index (χ1n) is 5.81. The summed E-state index contributed by atoms with van der Waals surface area (Å²) in [6, 6.07) is 5.55. The fourth-order valence-corrected chi connectivity index (χ4v) is 2.81. The van der Waals surface area contributed by atoms with Crippen molar-refractivity contribution in [2.24, 2.45) is 0 Å². The molecule has 1 unspecified atom stereocenters. The minimum Gasteiger partial charge on any atom is -0.496 e. The molecule has 0 amide bonds. The van der Waals surface area contributed by atoms with Gasteiger partial charge < -0.3 is 9.84 Å². The zero-order valence-electron chi connectivity index (χ0n) is 10.6. The molecule has 0 bridgehead atoms. The second kappa shape index (κ2) is 6.07. The summed E-state index contributed by atoms with van der Waals surface area (Å²) in [6.07, 6.45) is 0.896. The number of aromatic nitrogens is 2. The molecule has 1 aromatic carbocycles. The van der Waals surface area contributed by atoms with Gasteiger partial charge in [-0.05, 0) is 35.0 Å². The molecule has 2 aromatic rings. The maximum atomic E-state index is 10.6. The SMILES string of the molecule is CCn1ncc(Br)c1C(O)c1ccc(Br)cc1OC. The van der Waals surface area contributed by atoms with Gasteiger partial charge in [0.1, 0.15) is 11.9 Å². The van der Waals surface area contributed by atoms with Crippen LogP contribution < -0.4 is 4.74 Å². The van der Waals surface area contributed by atoms with Crippen LogP contribution in [-0.2, 0) is 6.54 Å². The van der Waals surface area contributed by atoms with Crippen molar-refractivity contribution in [3.63, 3.8) is 0 Å². The lowest BCUT2D eigenvalue weighted by Crippen LogP contribution is -2.10. The Morgan fingerprint density at radius 1 is 1.42 bits per heavy atom. The van der Waals surface area contributed by atoms with Gasteiger partial charge in [0.15, 0.2) is 0 Å². The van der Waals surface area contributed by atoms with Gasteiger partial charge in [-0.2, -0.15) is 5.10 Å². The zero-order valence-corrected chi connectivity index (χ0v) is 13.8. The Balaban J connectivity index is 2.49. The molecule has 19 heavy (non-hydrogen) atoms. The molecule has 1 N–H and O–H groups in total. The largest absolute Gasteiger partial charge is 0.496 e. The predicted molar refractivity (Wildman–Crippen MR) is 80.4 cm³/mol. The first kappa shape index (κ1) is 14.6. The molecular formula is C13H14Br2N2O2. The van der Waals surface area contributed by atoms with Gasteiger partial charge in [-0.3, -0.25) is 4.68 Å². The van der Waals surface area contributed by atoms with Crippen LogP contribution in [0.5, 0.6) is 5.75 Å². The van der Waals surface area contributed by atoms with E-state index in [1.54, 1.807) is 18.0 Å². The fraction of sp³-hybridized carbons (Fsp3) is 0.308. The van der Waals surface area contributed by atoms with E-state index in [4.69, 9.17) is 4.74 Å². The molecule has 0 aliphatic heterocycles. The number of rotatable bonds is 4. The van der Waals surface area contributed by atoms with Crippen LogP contribution in [0.3, 0.4) is 0 Å². The highest BCUT2D eigenvalue weighted by molar-refractivity contribution is 9.10. The lowest BCUT2D eigenvalue weighted by molar-refractivity contribution is 0.202. The fourth-order valence-electron chi connectivity index (χ4n) is 1.95. The molecule has 4 nitrogen and oxygen atoms in total. The van der Waals surface area contributed by atoms with Crippen LogP contribution in [0.4, 0.5) is 0 Å². The van der Waals surface area contributed by atoms with Crippen molar-refractivity contribution in [1.29, 1.82) is 0 Å². The molecule has 6 heteroatoms. The van der Waals surface area contributed by atoms with Crippen molar-refractivity contribution in [3.8, 4) is 5.75 Å². The third-order valence-electron chi connectivity index (χ3n) is 2.88. The number of nitrogens with zero attached hydrogens (tertiary/aromatic N) is 2. The molecule has 0 fully saturated rings. The van der Waals surface area contributed by atoms with Crippen molar-refractivity contribution < 1.29 is 9.84 Å². The minimum atomic E-state index is -0.792. The maximum Gasteiger partial charge on any atom is 0.126 e. The van der Waals surface area contributed by atoms with E-state index in [9.17, 15) is 5.11 Å². The second-order valence-electron chi connectivity index (χ2n) is 3.98. The van der Waals surface area contributed by atoms with Gasteiger partial charge in [-0.1, -0.05) is 22.0 Å². The number of hydrogen-bond acceptors (Lipinski definition) is 3. The quantitative estimate of drug-likeness (QED) is 0.870. The van der Waals surface area contributed by atoms with Crippen LogP contribution in [0, 0.1) is 0 Å². The molecule has 0 aliphatic rings. The number of halogens is 2. The number of hydrogen-bond donors (Lipinski definition) is 1. The van der Waals surface area contributed by atoms with E-state index in [0.717, 1.165) is 14.6 Å². The summed E-state index contributed by atoms with van der Waals surface area (Å²) in [5, 5.41) is 14.8. The standard InChI is InChI=1S/C13H14Br2N2O2/c1-3-17-12(10(15)7-16-17)13(18)9-5-4-8(14)6-11(9)19-2/h4-7,13,18H,3H2,1-2H3. The van der Waals surface area contributed by atoms with Crippen molar-refractivity contribution in [2.45, 2.75) is 19.6 Å². The third kappa shape index (κ3) is 2.85. The van der Waals surface area contributed by atoms with E-state index in [-0.39, 0.29) is 0 Å². The van der Waals surface area contributed by atoms with Gasteiger partial charge in [0.05, 0.1) is 23.5 Å².